The van der Waals surface area contributed by atoms with Crippen LogP contribution in [0.5, 0.6) is 5.75 Å². The number of hydrogen-bond donors (Lipinski definition) is 1. The zero-order valence-electron chi connectivity index (χ0n) is 6.16. The van der Waals surface area contributed by atoms with Crippen LogP contribution in [0.4, 0.5) is 5.69 Å². The summed E-state index contributed by atoms with van der Waals surface area (Å²) in [4.78, 5) is 0. The Morgan fingerprint density at radius 3 is 2.91 bits per heavy atom. The zero-order valence-corrected chi connectivity index (χ0v) is 6.16. The van der Waals surface area contributed by atoms with Gasteiger partial charge in [-0.05, 0) is 18.6 Å². The summed E-state index contributed by atoms with van der Waals surface area (Å²) in [5, 5.41) is 8.21. The predicted octanol–water partition coefficient (Wildman–Crippen LogP) is 1.44. The van der Waals surface area contributed by atoms with Crippen molar-refractivity contribution in [2.45, 2.75) is 6.92 Å². The Kier molecular flexibility index (Phi) is 1.98. The molecule has 56 valence electrons. The maximum absolute atomic E-state index is 8.21. The Labute approximate surface area is 65.0 Å². The average molecular weight is 148 g/mol. The smallest absolute Gasteiger partial charge is 0.292 e. The van der Waals surface area contributed by atoms with Crippen molar-refractivity contribution in [1.82, 2.24) is 0 Å². The second kappa shape index (κ2) is 2.93. The summed E-state index contributed by atoms with van der Waals surface area (Å²) in [6, 6.07) is 5.31. The van der Waals surface area contributed by atoms with Crippen molar-refractivity contribution in [3.8, 4) is 12.0 Å². The van der Waals surface area contributed by atoms with Crippen LogP contribution in [0.2, 0.25) is 0 Å². The first-order valence-electron chi connectivity index (χ1n) is 3.16. The van der Waals surface area contributed by atoms with Crippen LogP contribution in [-0.2, 0) is 0 Å². The van der Waals surface area contributed by atoms with E-state index < -0.39 is 0 Å². The lowest BCUT2D eigenvalue weighted by Crippen LogP contribution is -1.93. The predicted molar refractivity (Wildman–Crippen MR) is 41.8 cm³/mol. The van der Waals surface area contributed by atoms with Gasteiger partial charge < -0.3 is 10.5 Å². The van der Waals surface area contributed by atoms with Crippen LogP contribution >= 0.6 is 0 Å². The van der Waals surface area contributed by atoms with Gasteiger partial charge in [-0.2, -0.15) is 0 Å². The Bertz CT molecular complexity index is 301. The molecule has 3 heteroatoms. The molecular weight excluding hydrogens is 140 g/mol. The number of nitriles is 1. The molecule has 0 fully saturated rings. The molecule has 0 bridgehead atoms. The first-order chi connectivity index (χ1) is 5.25. The van der Waals surface area contributed by atoms with Gasteiger partial charge in [0, 0.05) is 0 Å². The zero-order chi connectivity index (χ0) is 8.27. The number of hydrogen-bond acceptors (Lipinski definition) is 3. The SMILES string of the molecule is Cc1cccc(OC#N)c1N. The van der Waals surface area contributed by atoms with E-state index in [1.807, 2.05) is 13.0 Å². The molecule has 1 aromatic carbocycles. The third kappa shape index (κ3) is 1.41. The molecule has 0 aromatic heterocycles. The van der Waals surface area contributed by atoms with Crippen LogP contribution < -0.4 is 10.5 Å². The van der Waals surface area contributed by atoms with Gasteiger partial charge in [0.25, 0.3) is 6.26 Å². The number of nitrogen functional groups attached to an aromatic ring is 1. The van der Waals surface area contributed by atoms with Crippen LogP contribution in [0.3, 0.4) is 0 Å². The number of nitrogens with two attached hydrogens (primary N) is 1. The van der Waals surface area contributed by atoms with Crippen molar-refractivity contribution >= 4 is 5.69 Å². The molecule has 0 amide bonds. The minimum absolute atomic E-state index is 0.424. The highest BCUT2D eigenvalue weighted by Crippen LogP contribution is 2.23. The molecule has 2 N–H and O–H groups in total. The van der Waals surface area contributed by atoms with Gasteiger partial charge in [0.15, 0.2) is 5.75 Å². The highest BCUT2D eigenvalue weighted by molar-refractivity contribution is 5.58. The fraction of sp³-hybridized carbons (Fsp3) is 0.125. The second-order valence-corrected chi connectivity index (χ2v) is 2.18. The quantitative estimate of drug-likeness (QED) is 0.484. The fourth-order valence-corrected chi connectivity index (χ4v) is 0.792. The second-order valence-electron chi connectivity index (χ2n) is 2.18. The van der Waals surface area contributed by atoms with Gasteiger partial charge in [-0.15, -0.1) is 5.26 Å². The highest BCUT2D eigenvalue weighted by atomic mass is 16.5. The number of ether oxygens (including phenoxy) is 1. The number of nitrogens with zero attached hydrogens (tertiary/aromatic N) is 1. The molecule has 0 aliphatic heterocycles. The Morgan fingerprint density at radius 2 is 2.27 bits per heavy atom. The molecule has 0 aliphatic rings. The first kappa shape index (κ1) is 7.42. The van der Waals surface area contributed by atoms with Crippen LogP contribution in [-0.4, -0.2) is 0 Å². The summed E-state index contributed by atoms with van der Waals surface area (Å²) in [6.07, 6.45) is 1.57. The summed E-state index contributed by atoms with van der Waals surface area (Å²) < 4.78 is 4.60. The minimum atomic E-state index is 0.424. The third-order valence-electron chi connectivity index (χ3n) is 1.44. The lowest BCUT2D eigenvalue weighted by Gasteiger charge is -2.02. The lowest BCUT2D eigenvalue weighted by molar-refractivity contribution is 0.509. The van der Waals surface area contributed by atoms with E-state index in [-0.39, 0.29) is 0 Å². The van der Waals surface area contributed by atoms with Crippen molar-refractivity contribution in [2.75, 3.05) is 5.73 Å². The van der Waals surface area contributed by atoms with Gasteiger partial charge in [-0.1, -0.05) is 12.1 Å². The fourth-order valence-electron chi connectivity index (χ4n) is 0.792. The van der Waals surface area contributed by atoms with Crippen molar-refractivity contribution in [2.24, 2.45) is 0 Å². The number of benzene rings is 1. The van der Waals surface area contributed by atoms with Crippen LogP contribution in [0, 0.1) is 18.4 Å². The normalized spacial score (nSPS) is 8.73. The first-order valence-corrected chi connectivity index (χ1v) is 3.16. The maximum Gasteiger partial charge on any atom is 0.292 e. The third-order valence-corrected chi connectivity index (χ3v) is 1.44. The van der Waals surface area contributed by atoms with Crippen molar-refractivity contribution < 1.29 is 4.74 Å². The van der Waals surface area contributed by atoms with Gasteiger partial charge in [0.2, 0.25) is 0 Å². The van der Waals surface area contributed by atoms with Gasteiger partial charge in [-0.3, -0.25) is 0 Å². The molecule has 1 aromatic rings. The van der Waals surface area contributed by atoms with E-state index >= 15 is 0 Å². The highest BCUT2D eigenvalue weighted by Gasteiger charge is 2.00. The van der Waals surface area contributed by atoms with E-state index in [0.717, 1.165) is 5.56 Å². The van der Waals surface area contributed by atoms with Crippen molar-refractivity contribution in [1.29, 1.82) is 5.26 Å². The Hall–Kier alpha value is -1.69. The summed E-state index contributed by atoms with van der Waals surface area (Å²) in [5.41, 5.74) is 7.03. The summed E-state index contributed by atoms with van der Waals surface area (Å²) >= 11 is 0. The number of aryl methyl sites for hydroxylation is 1. The monoisotopic (exact) mass is 148 g/mol. The van der Waals surface area contributed by atoms with E-state index in [2.05, 4.69) is 4.74 Å². The van der Waals surface area contributed by atoms with Gasteiger partial charge >= 0.3 is 0 Å². The lowest BCUT2D eigenvalue weighted by atomic mass is 10.2. The van der Waals surface area contributed by atoms with E-state index in [1.165, 1.54) is 0 Å². The van der Waals surface area contributed by atoms with E-state index in [4.69, 9.17) is 11.0 Å². The number of rotatable bonds is 1. The van der Waals surface area contributed by atoms with Crippen molar-refractivity contribution in [3.05, 3.63) is 23.8 Å². The molecule has 11 heavy (non-hydrogen) atoms. The average Bonchev–Trinajstić information content (AvgIpc) is 1.99. The summed E-state index contributed by atoms with van der Waals surface area (Å²) in [6.45, 7) is 1.86. The molecule has 0 heterocycles. The number of para-hydroxylation sites is 1. The molecular formula is C8H8N2O. The standard InChI is InChI=1S/C8H8N2O/c1-6-3-2-4-7(8(6)10)11-5-9/h2-4H,10H2,1H3. The van der Waals surface area contributed by atoms with Crippen LogP contribution in [0.25, 0.3) is 0 Å². The van der Waals surface area contributed by atoms with Crippen molar-refractivity contribution in [3.63, 3.8) is 0 Å². The van der Waals surface area contributed by atoms with Crippen LogP contribution in [0.15, 0.2) is 18.2 Å². The molecule has 0 radical (unpaired) electrons. The summed E-state index contributed by atoms with van der Waals surface area (Å²) in [7, 11) is 0. The van der Waals surface area contributed by atoms with E-state index in [0.29, 0.717) is 11.4 Å². The topological polar surface area (TPSA) is 59.0 Å². The molecule has 3 nitrogen and oxygen atoms in total. The van der Waals surface area contributed by atoms with E-state index in [9.17, 15) is 0 Å². The molecule has 0 unspecified atom stereocenters. The van der Waals surface area contributed by atoms with Gasteiger partial charge in [0.1, 0.15) is 0 Å². The molecule has 0 saturated heterocycles. The maximum atomic E-state index is 8.21. The van der Waals surface area contributed by atoms with Gasteiger partial charge in [-0.25, -0.2) is 0 Å². The minimum Gasteiger partial charge on any atom is -0.395 e. The molecule has 0 spiro atoms. The largest absolute Gasteiger partial charge is 0.395 e. The Balaban J connectivity index is 3.08. The number of anilines is 1. The molecule has 0 aliphatic carbocycles. The molecule has 1 rings (SSSR count). The summed E-state index contributed by atoms with van der Waals surface area (Å²) in [5.74, 6) is 0.424. The Morgan fingerprint density at radius 1 is 1.55 bits per heavy atom. The molecule has 0 atom stereocenters. The van der Waals surface area contributed by atoms with Crippen LogP contribution in [0.1, 0.15) is 5.56 Å². The van der Waals surface area contributed by atoms with Gasteiger partial charge in [0.05, 0.1) is 5.69 Å². The van der Waals surface area contributed by atoms with E-state index in [1.54, 1.807) is 18.4 Å². The molecule has 0 saturated carbocycles.